The molecule has 6 heteroatoms. The highest BCUT2D eigenvalue weighted by Gasteiger charge is 2.15. The summed E-state index contributed by atoms with van der Waals surface area (Å²) >= 11 is 0. The molecule has 0 aliphatic rings. The van der Waals surface area contributed by atoms with Gasteiger partial charge >= 0.3 is 5.69 Å². The van der Waals surface area contributed by atoms with E-state index in [1.165, 1.54) is 21.4 Å². The predicted molar refractivity (Wildman–Crippen MR) is 106 cm³/mol. The van der Waals surface area contributed by atoms with Gasteiger partial charge < -0.3 is 0 Å². The first kappa shape index (κ1) is 17.9. The van der Waals surface area contributed by atoms with Gasteiger partial charge in [-0.05, 0) is 30.7 Å². The van der Waals surface area contributed by atoms with Gasteiger partial charge in [-0.15, -0.1) is 0 Å². The van der Waals surface area contributed by atoms with Crippen LogP contribution in [0, 0.1) is 12.7 Å². The van der Waals surface area contributed by atoms with Gasteiger partial charge in [0, 0.05) is 11.8 Å². The standard InChI is InChI=1S/C22H18FN3O2/c1-15-8-10-16(11-9-15)13-26-21(27)18-6-4-12-24-20(18)25(22(26)28)14-17-5-2-3-7-19(17)23/h2-12H,13-14H2,1H3. The monoisotopic (exact) mass is 375 g/mol. The van der Waals surface area contributed by atoms with Crippen LogP contribution in [0.5, 0.6) is 0 Å². The summed E-state index contributed by atoms with van der Waals surface area (Å²) in [4.78, 5) is 30.3. The Labute approximate surface area is 160 Å². The molecule has 0 fully saturated rings. The number of nitrogens with zero attached hydrogens (tertiary/aromatic N) is 3. The Morgan fingerprint density at radius 1 is 0.893 bits per heavy atom. The van der Waals surface area contributed by atoms with Crippen molar-refractivity contribution in [2.24, 2.45) is 0 Å². The molecule has 0 spiro atoms. The van der Waals surface area contributed by atoms with Crippen molar-refractivity contribution in [3.8, 4) is 0 Å². The lowest BCUT2D eigenvalue weighted by molar-refractivity contribution is 0.582. The predicted octanol–water partition coefficient (Wildman–Crippen LogP) is 3.10. The van der Waals surface area contributed by atoms with Crippen LogP contribution in [-0.4, -0.2) is 14.1 Å². The third kappa shape index (κ3) is 3.24. The highest BCUT2D eigenvalue weighted by molar-refractivity contribution is 5.73. The number of aryl methyl sites for hydroxylation is 1. The molecule has 2 aromatic carbocycles. The van der Waals surface area contributed by atoms with Crippen molar-refractivity contribution in [1.29, 1.82) is 0 Å². The zero-order chi connectivity index (χ0) is 19.7. The van der Waals surface area contributed by atoms with Crippen LogP contribution in [0.25, 0.3) is 11.0 Å². The number of rotatable bonds is 4. The molecule has 0 amide bonds. The SMILES string of the molecule is Cc1ccc(Cn2c(=O)c3cccnc3n(Cc3ccccc3F)c2=O)cc1. The minimum atomic E-state index is -0.514. The van der Waals surface area contributed by atoms with E-state index in [0.717, 1.165) is 11.1 Å². The van der Waals surface area contributed by atoms with Crippen molar-refractivity contribution in [3.63, 3.8) is 0 Å². The quantitative estimate of drug-likeness (QED) is 0.551. The number of pyridine rings is 1. The molecular formula is C22H18FN3O2. The van der Waals surface area contributed by atoms with Crippen molar-refractivity contribution < 1.29 is 4.39 Å². The molecule has 140 valence electrons. The Balaban J connectivity index is 1.91. The Morgan fingerprint density at radius 3 is 2.39 bits per heavy atom. The van der Waals surface area contributed by atoms with Gasteiger partial charge in [-0.2, -0.15) is 0 Å². The first-order valence-electron chi connectivity index (χ1n) is 8.92. The van der Waals surface area contributed by atoms with Gasteiger partial charge in [-0.3, -0.25) is 13.9 Å². The number of benzene rings is 2. The molecule has 5 nitrogen and oxygen atoms in total. The van der Waals surface area contributed by atoms with E-state index in [1.807, 2.05) is 31.2 Å². The average Bonchev–Trinajstić information content (AvgIpc) is 2.71. The fourth-order valence-electron chi connectivity index (χ4n) is 3.20. The number of halogens is 1. The first-order valence-corrected chi connectivity index (χ1v) is 8.92. The Kier molecular flexibility index (Phi) is 4.61. The van der Waals surface area contributed by atoms with Gasteiger partial charge in [0.1, 0.15) is 11.5 Å². The molecule has 0 N–H and O–H groups in total. The van der Waals surface area contributed by atoms with Crippen molar-refractivity contribution in [2.75, 3.05) is 0 Å². The minimum absolute atomic E-state index is 0.00675. The van der Waals surface area contributed by atoms with Crippen LogP contribution in [0.4, 0.5) is 4.39 Å². The molecular weight excluding hydrogens is 357 g/mol. The maximum absolute atomic E-state index is 14.2. The van der Waals surface area contributed by atoms with Crippen molar-refractivity contribution in [1.82, 2.24) is 14.1 Å². The van der Waals surface area contributed by atoms with Gasteiger partial charge in [0.15, 0.2) is 0 Å². The van der Waals surface area contributed by atoms with Crippen LogP contribution >= 0.6 is 0 Å². The molecule has 4 rings (SSSR count). The molecule has 0 aliphatic heterocycles. The number of hydrogen-bond acceptors (Lipinski definition) is 3. The minimum Gasteiger partial charge on any atom is -0.273 e. The molecule has 0 aliphatic carbocycles. The van der Waals surface area contributed by atoms with E-state index in [2.05, 4.69) is 4.98 Å². The van der Waals surface area contributed by atoms with E-state index < -0.39 is 17.1 Å². The molecule has 0 atom stereocenters. The zero-order valence-corrected chi connectivity index (χ0v) is 15.3. The van der Waals surface area contributed by atoms with E-state index in [9.17, 15) is 14.0 Å². The second-order valence-corrected chi connectivity index (χ2v) is 6.71. The lowest BCUT2D eigenvalue weighted by atomic mass is 10.1. The Hall–Kier alpha value is -3.54. The summed E-state index contributed by atoms with van der Waals surface area (Å²) in [6.07, 6.45) is 1.52. The van der Waals surface area contributed by atoms with Crippen LogP contribution < -0.4 is 11.2 Å². The molecule has 4 aromatic rings. The van der Waals surface area contributed by atoms with Gasteiger partial charge in [0.25, 0.3) is 5.56 Å². The van der Waals surface area contributed by atoms with Crippen LogP contribution in [0.15, 0.2) is 76.4 Å². The van der Waals surface area contributed by atoms with Crippen molar-refractivity contribution in [3.05, 3.63) is 110 Å². The summed E-state index contributed by atoms with van der Waals surface area (Å²) in [6.45, 7) is 2.10. The second-order valence-electron chi connectivity index (χ2n) is 6.71. The smallest absolute Gasteiger partial charge is 0.273 e. The lowest BCUT2D eigenvalue weighted by Crippen LogP contribution is -2.41. The summed E-state index contributed by atoms with van der Waals surface area (Å²) in [5, 5.41) is 0.325. The molecule has 2 heterocycles. The highest BCUT2D eigenvalue weighted by Crippen LogP contribution is 2.12. The molecule has 0 unspecified atom stereocenters. The normalized spacial score (nSPS) is 11.1. The largest absolute Gasteiger partial charge is 0.333 e. The van der Waals surface area contributed by atoms with E-state index in [0.29, 0.717) is 10.9 Å². The summed E-state index contributed by atoms with van der Waals surface area (Å²) in [6, 6.07) is 17.2. The van der Waals surface area contributed by atoms with Crippen LogP contribution in [-0.2, 0) is 13.1 Å². The Morgan fingerprint density at radius 2 is 1.64 bits per heavy atom. The fraction of sp³-hybridized carbons (Fsp3) is 0.136. The lowest BCUT2D eigenvalue weighted by Gasteiger charge is -2.14. The zero-order valence-electron chi connectivity index (χ0n) is 15.3. The Bertz CT molecular complexity index is 1270. The average molecular weight is 375 g/mol. The topological polar surface area (TPSA) is 56.9 Å². The third-order valence-electron chi connectivity index (χ3n) is 4.73. The van der Waals surface area contributed by atoms with E-state index >= 15 is 0 Å². The second kappa shape index (κ2) is 7.23. The van der Waals surface area contributed by atoms with Crippen LogP contribution in [0.3, 0.4) is 0 Å². The van der Waals surface area contributed by atoms with Gasteiger partial charge in [0.05, 0.1) is 18.5 Å². The fourth-order valence-corrected chi connectivity index (χ4v) is 3.20. The first-order chi connectivity index (χ1) is 13.5. The van der Waals surface area contributed by atoms with E-state index in [-0.39, 0.29) is 18.7 Å². The maximum Gasteiger partial charge on any atom is 0.333 e. The van der Waals surface area contributed by atoms with Gasteiger partial charge in [-0.1, -0.05) is 48.0 Å². The van der Waals surface area contributed by atoms with Crippen LogP contribution in [0.1, 0.15) is 16.7 Å². The van der Waals surface area contributed by atoms with E-state index in [1.54, 1.807) is 30.3 Å². The molecule has 0 bridgehead atoms. The molecule has 28 heavy (non-hydrogen) atoms. The van der Waals surface area contributed by atoms with Crippen molar-refractivity contribution in [2.45, 2.75) is 20.0 Å². The number of hydrogen-bond donors (Lipinski definition) is 0. The molecule has 0 saturated carbocycles. The third-order valence-corrected chi connectivity index (χ3v) is 4.73. The van der Waals surface area contributed by atoms with Gasteiger partial charge in [-0.25, -0.2) is 14.2 Å². The number of aromatic nitrogens is 3. The molecule has 2 aromatic heterocycles. The van der Waals surface area contributed by atoms with E-state index in [4.69, 9.17) is 0 Å². The summed E-state index contributed by atoms with van der Waals surface area (Å²) < 4.78 is 16.7. The number of fused-ring (bicyclic) bond motifs is 1. The van der Waals surface area contributed by atoms with Crippen molar-refractivity contribution >= 4 is 11.0 Å². The highest BCUT2D eigenvalue weighted by atomic mass is 19.1. The molecule has 0 saturated heterocycles. The maximum atomic E-state index is 14.2. The molecule has 0 radical (unpaired) electrons. The summed E-state index contributed by atoms with van der Waals surface area (Å²) in [5.41, 5.74) is 1.62. The van der Waals surface area contributed by atoms with Gasteiger partial charge in [0.2, 0.25) is 0 Å². The summed E-state index contributed by atoms with van der Waals surface area (Å²) in [5.74, 6) is -0.408. The van der Waals surface area contributed by atoms with Crippen LogP contribution in [0.2, 0.25) is 0 Å². The summed E-state index contributed by atoms with van der Waals surface area (Å²) in [7, 11) is 0.